The standard InChI is InChI=1S/C13H22N4O2/c1-3-19-13(18)12-10-14-17(11-12)9-8-16-6-4-15(2)5-7-16/h10-11H,3-9H2,1-2H3. The van der Waals surface area contributed by atoms with Crippen LogP contribution in [0.15, 0.2) is 12.4 Å². The number of hydrogen-bond acceptors (Lipinski definition) is 5. The minimum absolute atomic E-state index is 0.298. The molecule has 0 N–H and O–H groups in total. The molecule has 1 aromatic heterocycles. The predicted octanol–water partition coefficient (Wildman–Crippen LogP) is 0.307. The summed E-state index contributed by atoms with van der Waals surface area (Å²) in [6, 6.07) is 0. The van der Waals surface area contributed by atoms with Gasteiger partial charge in [-0.25, -0.2) is 4.79 Å². The molecular weight excluding hydrogens is 244 g/mol. The highest BCUT2D eigenvalue weighted by atomic mass is 16.5. The van der Waals surface area contributed by atoms with Gasteiger partial charge in [0.05, 0.1) is 24.9 Å². The van der Waals surface area contributed by atoms with Crippen LogP contribution in [0.2, 0.25) is 0 Å². The highest BCUT2D eigenvalue weighted by molar-refractivity contribution is 5.88. The fourth-order valence-corrected chi connectivity index (χ4v) is 2.12. The van der Waals surface area contributed by atoms with E-state index < -0.39 is 0 Å². The van der Waals surface area contributed by atoms with Gasteiger partial charge in [-0.15, -0.1) is 0 Å². The summed E-state index contributed by atoms with van der Waals surface area (Å²) in [5.74, 6) is -0.298. The average Bonchev–Trinajstić information content (AvgIpc) is 2.87. The minimum atomic E-state index is -0.298. The molecule has 0 aromatic carbocycles. The molecule has 0 amide bonds. The molecule has 0 saturated carbocycles. The Balaban J connectivity index is 1.78. The summed E-state index contributed by atoms with van der Waals surface area (Å²) in [6.45, 7) is 8.41. The van der Waals surface area contributed by atoms with Crippen LogP contribution in [0.3, 0.4) is 0 Å². The SMILES string of the molecule is CCOC(=O)c1cnn(CCN2CCN(C)CC2)c1. The van der Waals surface area contributed by atoms with Gasteiger partial charge in [0.25, 0.3) is 0 Å². The van der Waals surface area contributed by atoms with Gasteiger partial charge in [0.1, 0.15) is 0 Å². The van der Waals surface area contributed by atoms with E-state index in [1.54, 1.807) is 19.3 Å². The highest BCUT2D eigenvalue weighted by Crippen LogP contribution is 2.03. The van der Waals surface area contributed by atoms with Gasteiger partial charge in [0, 0.05) is 38.9 Å². The third-order valence-electron chi connectivity index (χ3n) is 3.39. The first-order valence-electron chi connectivity index (χ1n) is 6.79. The molecule has 0 bridgehead atoms. The third kappa shape index (κ3) is 4.04. The molecule has 0 spiro atoms. The smallest absolute Gasteiger partial charge is 0.341 e. The molecule has 106 valence electrons. The van der Waals surface area contributed by atoms with E-state index in [0.717, 1.165) is 39.3 Å². The van der Waals surface area contributed by atoms with Crippen molar-refractivity contribution in [2.24, 2.45) is 0 Å². The van der Waals surface area contributed by atoms with Crippen molar-refractivity contribution in [3.05, 3.63) is 18.0 Å². The van der Waals surface area contributed by atoms with Crippen molar-refractivity contribution in [2.45, 2.75) is 13.5 Å². The van der Waals surface area contributed by atoms with E-state index in [0.29, 0.717) is 12.2 Å². The Hall–Kier alpha value is -1.40. The van der Waals surface area contributed by atoms with Crippen LogP contribution in [0.5, 0.6) is 0 Å². The summed E-state index contributed by atoms with van der Waals surface area (Å²) in [4.78, 5) is 16.3. The first-order chi connectivity index (χ1) is 9.19. The Labute approximate surface area is 113 Å². The molecular formula is C13H22N4O2. The summed E-state index contributed by atoms with van der Waals surface area (Å²) in [5, 5.41) is 4.20. The van der Waals surface area contributed by atoms with Crippen LogP contribution in [0.1, 0.15) is 17.3 Å². The maximum absolute atomic E-state index is 11.5. The van der Waals surface area contributed by atoms with Gasteiger partial charge in [0.15, 0.2) is 0 Å². The van der Waals surface area contributed by atoms with E-state index in [4.69, 9.17) is 4.74 Å². The third-order valence-corrected chi connectivity index (χ3v) is 3.39. The summed E-state index contributed by atoms with van der Waals surface area (Å²) in [5.41, 5.74) is 0.528. The number of hydrogen-bond donors (Lipinski definition) is 0. The highest BCUT2D eigenvalue weighted by Gasteiger charge is 2.14. The van der Waals surface area contributed by atoms with Crippen LogP contribution < -0.4 is 0 Å². The number of ether oxygens (including phenoxy) is 1. The van der Waals surface area contributed by atoms with E-state index in [2.05, 4.69) is 21.9 Å². The maximum atomic E-state index is 11.5. The first kappa shape index (κ1) is 14.0. The molecule has 1 aromatic rings. The Morgan fingerprint density at radius 1 is 1.32 bits per heavy atom. The Kier molecular flexibility index (Phi) is 4.93. The molecule has 0 radical (unpaired) electrons. The van der Waals surface area contributed by atoms with Gasteiger partial charge in [-0.3, -0.25) is 9.58 Å². The Morgan fingerprint density at radius 2 is 2.05 bits per heavy atom. The van der Waals surface area contributed by atoms with Crippen molar-refractivity contribution < 1.29 is 9.53 Å². The molecule has 1 fully saturated rings. The molecule has 0 aliphatic carbocycles. The van der Waals surface area contributed by atoms with Gasteiger partial charge in [0.2, 0.25) is 0 Å². The topological polar surface area (TPSA) is 50.6 Å². The molecule has 0 atom stereocenters. The van der Waals surface area contributed by atoms with E-state index in [-0.39, 0.29) is 5.97 Å². The summed E-state index contributed by atoms with van der Waals surface area (Å²) < 4.78 is 6.75. The van der Waals surface area contributed by atoms with E-state index >= 15 is 0 Å². The monoisotopic (exact) mass is 266 g/mol. The lowest BCUT2D eigenvalue weighted by molar-refractivity contribution is 0.0526. The largest absolute Gasteiger partial charge is 0.462 e. The minimum Gasteiger partial charge on any atom is -0.462 e. The normalized spacial score (nSPS) is 17.6. The van der Waals surface area contributed by atoms with Crippen molar-refractivity contribution in [3.63, 3.8) is 0 Å². The van der Waals surface area contributed by atoms with Crippen LogP contribution >= 0.6 is 0 Å². The lowest BCUT2D eigenvalue weighted by Gasteiger charge is -2.32. The summed E-state index contributed by atoms with van der Waals surface area (Å²) in [7, 11) is 2.15. The zero-order valence-electron chi connectivity index (χ0n) is 11.7. The lowest BCUT2D eigenvalue weighted by atomic mass is 10.3. The van der Waals surface area contributed by atoms with E-state index in [1.807, 2.05) is 4.68 Å². The molecule has 19 heavy (non-hydrogen) atoms. The number of aromatic nitrogens is 2. The fourth-order valence-electron chi connectivity index (χ4n) is 2.12. The van der Waals surface area contributed by atoms with Gasteiger partial charge in [-0.05, 0) is 14.0 Å². The molecule has 2 heterocycles. The second-order valence-electron chi connectivity index (χ2n) is 4.86. The van der Waals surface area contributed by atoms with Gasteiger partial charge < -0.3 is 9.64 Å². The second-order valence-corrected chi connectivity index (χ2v) is 4.86. The van der Waals surface area contributed by atoms with Crippen molar-refractivity contribution in [1.29, 1.82) is 0 Å². The maximum Gasteiger partial charge on any atom is 0.341 e. The van der Waals surface area contributed by atoms with E-state index in [1.165, 1.54) is 0 Å². The number of nitrogens with zero attached hydrogens (tertiary/aromatic N) is 4. The van der Waals surface area contributed by atoms with Crippen LogP contribution in [0.4, 0.5) is 0 Å². The summed E-state index contributed by atoms with van der Waals surface area (Å²) >= 11 is 0. The van der Waals surface area contributed by atoms with Crippen LogP contribution in [0.25, 0.3) is 0 Å². The van der Waals surface area contributed by atoms with Crippen LogP contribution in [-0.2, 0) is 11.3 Å². The molecule has 1 saturated heterocycles. The van der Waals surface area contributed by atoms with Crippen molar-refractivity contribution in [2.75, 3.05) is 46.4 Å². The van der Waals surface area contributed by atoms with Crippen LogP contribution in [0, 0.1) is 0 Å². The number of carbonyl (C=O) groups excluding carboxylic acids is 1. The fraction of sp³-hybridized carbons (Fsp3) is 0.692. The van der Waals surface area contributed by atoms with Crippen molar-refractivity contribution >= 4 is 5.97 Å². The molecule has 1 aliphatic rings. The van der Waals surface area contributed by atoms with Crippen molar-refractivity contribution in [1.82, 2.24) is 19.6 Å². The zero-order chi connectivity index (χ0) is 13.7. The predicted molar refractivity (Wildman–Crippen MR) is 72.1 cm³/mol. The van der Waals surface area contributed by atoms with Crippen LogP contribution in [-0.4, -0.2) is 71.9 Å². The van der Waals surface area contributed by atoms with Gasteiger partial charge in [-0.1, -0.05) is 0 Å². The van der Waals surface area contributed by atoms with E-state index in [9.17, 15) is 4.79 Å². The molecule has 2 rings (SSSR count). The summed E-state index contributed by atoms with van der Waals surface area (Å²) in [6.07, 6.45) is 3.33. The molecule has 1 aliphatic heterocycles. The molecule has 0 unspecified atom stereocenters. The number of carbonyl (C=O) groups is 1. The molecule has 6 nitrogen and oxygen atoms in total. The number of esters is 1. The van der Waals surface area contributed by atoms with Gasteiger partial charge >= 0.3 is 5.97 Å². The van der Waals surface area contributed by atoms with Crippen molar-refractivity contribution in [3.8, 4) is 0 Å². The van der Waals surface area contributed by atoms with Gasteiger partial charge in [-0.2, -0.15) is 5.10 Å². The number of likely N-dealkylation sites (N-methyl/N-ethyl adjacent to an activating group) is 1. The Bertz CT molecular complexity index is 411. The number of piperazine rings is 1. The second kappa shape index (κ2) is 6.68. The Morgan fingerprint density at radius 3 is 2.74 bits per heavy atom. The first-order valence-corrected chi connectivity index (χ1v) is 6.79. The number of rotatable bonds is 5. The molecule has 6 heteroatoms. The quantitative estimate of drug-likeness (QED) is 0.718. The average molecular weight is 266 g/mol. The lowest BCUT2D eigenvalue weighted by Crippen LogP contribution is -2.45. The zero-order valence-corrected chi connectivity index (χ0v) is 11.7.